The van der Waals surface area contributed by atoms with Crippen molar-refractivity contribution in [1.29, 1.82) is 0 Å². The van der Waals surface area contributed by atoms with E-state index in [0.29, 0.717) is 21.5 Å². The third-order valence-electron chi connectivity index (χ3n) is 2.81. The number of esters is 1. The van der Waals surface area contributed by atoms with E-state index in [1.807, 2.05) is 13.8 Å². The van der Waals surface area contributed by atoms with Crippen LogP contribution in [0, 0.1) is 13.8 Å². The molecule has 0 saturated heterocycles. The summed E-state index contributed by atoms with van der Waals surface area (Å²) in [5.74, 6) is 0.140. The Bertz CT molecular complexity index is 670. The number of carbonyl (C=O) groups is 1. The molecule has 0 amide bonds. The van der Waals surface area contributed by atoms with Crippen molar-refractivity contribution in [2.75, 3.05) is 17.7 Å². The lowest BCUT2D eigenvalue weighted by Crippen LogP contribution is -2.20. The number of aryl methyl sites for hydroxylation is 1. The zero-order valence-electron chi connectivity index (χ0n) is 11.8. The molecular formula is C13H14N4O2S2. The van der Waals surface area contributed by atoms with Crippen LogP contribution in [0.5, 0.6) is 0 Å². The molecule has 6 nitrogen and oxygen atoms in total. The molecule has 0 bridgehead atoms. The fourth-order valence-electron chi connectivity index (χ4n) is 1.68. The predicted molar refractivity (Wildman–Crippen MR) is 87.0 cm³/mol. The van der Waals surface area contributed by atoms with E-state index < -0.39 is 0 Å². The summed E-state index contributed by atoms with van der Waals surface area (Å²) in [7, 11) is 1.36. The maximum absolute atomic E-state index is 11.9. The van der Waals surface area contributed by atoms with Crippen LogP contribution in [-0.2, 0) is 4.74 Å². The SMILES string of the molecule is COC(=O)c1c(NC(=S)Nc2cnccn2)sc(C)c1C. The van der Waals surface area contributed by atoms with Gasteiger partial charge in [0.15, 0.2) is 10.9 Å². The molecule has 0 atom stereocenters. The van der Waals surface area contributed by atoms with Crippen LogP contribution in [0.3, 0.4) is 0 Å². The molecule has 0 aliphatic carbocycles. The third kappa shape index (κ3) is 3.53. The highest BCUT2D eigenvalue weighted by Gasteiger charge is 2.20. The first-order valence-electron chi connectivity index (χ1n) is 6.05. The summed E-state index contributed by atoms with van der Waals surface area (Å²) in [5, 5.41) is 6.90. The minimum atomic E-state index is -0.387. The van der Waals surface area contributed by atoms with Crippen LogP contribution in [0.15, 0.2) is 18.6 Å². The van der Waals surface area contributed by atoms with Gasteiger partial charge in [0.1, 0.15) is 5.00 Å². The Morgan fingerprint density at radius 3 is 2.71 bits per heavy atom. The second-order valence-corrected chi connectivity index (χ2v) is 5.78. The number of thiocarbonyl (C=S) groups is 1. The van der Waals surface area contributed by atoms with Crippen LogP contribution >= 0.6 is 23.6 Å². The molecule has 110 valence electrons. The number of aromatic nitrogens is 2. The summed E-state index contributed by atoms with van der Waals surface area (Å²) in [6, 6.07) is 0. The third-order valence-corrected chi connectivity index (χ3v) is 4.13. The quantitative estimate of drug-likeness (QED) is 0.664. The molecule has 0 fully saturated rings. The molecule has 0 aliphatic rings. The normalized spacial score (nSPS) is 10.0. The van der Waals surface area contributed by atoms with Crippen LogP contribution in [0.4, 0.5) is 10.8 Å². The van der Waals surface area contributed by atoms with Gasteiger partial charge in [-0.05, 0) is 31.6 Å². The molecular weight excluding hydrogens is 308 g/mol. The first-order valence-corrected chi connectivity index (χ1v) is 7.27. The number of carbonyl (C=O) groups excluding carboxylic acids is 1. The molecule has 0 spiro atoms. The van der Waals surface area contributed by atoms with Crippen molar-refractivity contribution >= 4 is 45.5 Å². The Labute approximate surface area is 131 Å². The first kappa shape index (κ1) is 15.3. The van der Waals surface area contributed by atoms with Crippen molar-refractivity contribution in [2.24, 2.45) is 0 Å². The number of ether oxygens (including phenoxy) is 1. The second kappa shape index (κ2) is 6.59. The molecule has 0 saturated carbocycles. The Morgan fingerprint density at radius 1 is 1.33 bits per heavy atom. The van der Waals surface area contributed by atoms with E-state index in [1.165, 1.54) is 18.4 Å². The van der Waals surface area contributed by atoms with E-state index in [-0.39, 0.29) is 5.97 Å². The average molecular weight is 322 g/mol. The molecule has 0 aliphatic heterocycles. The molecule has 2 aromatic rings. The Hall–Kier alpha value is -2.06. The van der Waals surface area contributed by atoms with Gasteiger partial charge in [0, 0.05) is 17.3 Å². The molecule has 2 N–H and O–H groups in total. The number of hydrogen-bond acceptors (Lipinski definition) is 6. The van der Waals surface area contributed by atoms with Crippen molar-refractivity contribution in [3.05, 3.63) is 34.6 Å². The summed E-state index contributed by atoms with van der Waals surface area (Å²) in [5.41, 5.74) is 1.39. The Morgan fingerprint density at radius 2 is 2.10 bits per heavy atom. The van der Waals surface area contributed by atoms with Crippen LogP contribution in [0.25, 0.3) is 0 Å². The van der Waals surface area contributed by atoms with Crippen molar-refractivity contribution in [1.82, 2.24) is 9.97 Å². The maximum atomic E-state index is 11.9. The van der Waals surface area contributed by atoms with Gasteiger partial charge in [-0.3, -0.25) is 4.98 Å². The van der Waals surface area contributed by atoms with E-state index in [9.17, 15) is 4.79 Å². The predicted octanol–water partition coefficient (Wildman–Crippen LogP) is 2.75. The Balaban J connectivity index is 2.18. The molecule has 0 unspecified atom stereocenters. The lowest BCUT2D eigenvalue weighted by molar-refractivity contribution is 0.0601. The van der Waals surface area contributed by atoms with Gasteiger partial charge in [-0.2, -0.15) is 0 Å². The largest absolute Gasteiger partial charge is 0.465 e. The maximum Gasteiger partial charge on any atom is 0.341 e. The van der Waals surface area contributed by atoms with Crippen molar-refractivity contribution in [3.8, 4) is 0 Å². The summed E-state index contributed by atoms with van der Waals surface area (Å²) < 4.78 is 4.81. The van der Waals surface area contributed by atoms with E-state index in [2.05, 4.69) is 20.6 Å². The molecule has 8 heteroatoms. The number of thiophene rings is 1. The highest BCUT2D eigenvalue weighted by Crippen LogP contribution is 2.32. The van der Waals surface area contributed by atoms with Gasteiger partial charge in [-0.25, -0.2) is 9.78 Å². The summed E-state index contributed by atoms with van der Waals surface area (Å²) in [6.07, 6.45) is 4.69. The van der Waals surface area contributed by atoms with Crippen LogP contribution in [0.1, 0.15) is 20.8 Å². The summed E-state index contributed by atoms with van der Waals surface area (Å²) in [6.45, 7) is 3.82. The zero-order valence-corrected chi connectivity index (χ0v) is 13.4. The van der Waals surface area contributed by atoms with Gasteiger partial charge in [0.25, 0.3) is 0 Å². The number of nitrogens with one attached hydrogen (secondary N) is 2. The molecule has 21 heavy (non-hydrogen) atoms. The zero-order chi connectivity index (χ0) is 15.4. The molecule has 2 heterocycles. The monoisotopic (exact) mass is 322 g/mol. The topological polar surface area (TPSA) is 76.1 Å². The lowest BCUT2D eigenvalue weighted by Gasteiger charge is -2.09. The number of rotatable bonds is 3. The fraction of sp³-hybridized carbons (Fsp3) is 0.231. The van der Waals surface area contributed by atoms with Gasteiger partial charge in [0.2, 0.25) is 0 Å². The van der Waals surface area contributed by atoms with E-state index in [0.717, 1.165) is 10.4 Å². The van der Waals surface area contributed by atoms with Gasteiger partial charge < -0.3 is 15.4 Å². The molecule has 2 rings (SSSR count). The lowest BCUT2D eigenvalue weighted by atomic mass is 10.1. The van der Waals surface area contributed by atoms with E-state index in [1.54, 1.807) is 18.6 Å². The highest BCUT2D eigenvalue weighted by molar-refractivity contribution is 7.80. The second-order valence-electron chi connectivity index (χ2n) is 4.15. The van der Waals surface area contributed by atoms with E-state index >= 15 is 0 Å². The fourth-order valence-corrected chi connectivity index (χ4v) is 3.00. The molecule has 0 aromatic carbocycles. The summed E-state index contributed by atoms with van der Waals surface area (Å²) >= 11 is 6.67. The van der Waals surface area contributed by atoms with Gasteiger partial charge in [-0.1, -0.05) is 0 Å². The van der Waals surface area contributed by atoms with Crippen LogP contribution in [-0.4, -0.2) is 28.2 Å². The number of anilines is 2. The molecule has 2 aromatic heterocycles. The van der Waals surface area contributed by atoms with E-state index in [4.69, 9.17) is 17.0 Å². The highest BCUT2D eigenvalue weighted by atomic mass is 32.1. The molecule has 0 radical (unpaired) electrons. The van der Waals surface area contributed by atoms with Crippen molar-refractivity contribution in [2.45, 2.75) is 13.8 Å². The van der Waals surface area contributed by atoms with Crippen LogP contribution < -0.4 is 10.6 Å². The minimum Gasteiger partial charge on any atom is -0.465 e. The Kier molecular flexibility index (Phi) is 4.81. The van der Waals surface area contributed by atoms with Gasteiger partial charge in [0.05, 0.1) is 18.9 Å². The summed E-state index contributed by atoms with van der Waals surface area (Å²) in [4.78, 5) is 20.9. The smallest absolute Gasteiger partial charge is 0.341 e. The van der Waals surface area contributed by atoms with Crippen LogP contribution in [0.2, 0.25) is 0 Å². The first-order chi connectivity index (χ1) is 10.0. The standard InChI is InChI=1S/C13H14N4O2S2/c1-7-8(2)21-11(10(7)12(18)19-3)17-13(20)16-9-6-14-4-5-15-9/h4-6H,1-3H3,(H2,15,16,17,20). The average Bonchev–Trinajstić information content (AvgIpc) is 2.74. The minimum absolute atomic E-state index is 0.335. The van der Waals surface area contributed by atoms with Gasteiger partial charge in [-0.15, -0.1) is 11.3 Å². The number of hydrogen-bond donors (Lipinski definition) is 2. The van der Waals surface area contributed by atoms with Gasteiger partial charge >= 0.3 is 5.97 Å². The van der Waals surface area contributed by atoms with Crippen molar-refractivity contribution in [3.63, 3.8) is 0 Å². The number of methoxy groups -OCH3 is 1. The van der Waals surface area contributed by atoms with Crippen molar-refractivity contribution < 1.29 is 9.53 Å². The number of nitrogens with zero attached hydrogens (tertiary/aromatic N) is 2.